The number of aromatic nitrogens is 2. The van der Waals surface area contributed by atoms with Crippen LogP contribution >= 0.6 is 0 Å². The van der Waals surface area contributed by atoms with E-state index in [-0.39, 0.29) is 12.5 Å². The van der Waals surface area contributed by atoms with Gasteiger partial charge in [-0.25, -0.2) is 0 Å². The number of amides is 1. The van der Waals surface area contributed by atoms with Gasteiger partial charge in [0.25, 0.3) is 5.91 Å². The minimum absolute atomic E-state index is 0.242. The molecule has 0 aliphatic heterocycles. The Hall–Kier alpha value is -3.58. The maximum atomic E-state index is 12.7. The highest BCUT2D eigenvalue weighted by molar-refractivity contribution is 6.06. The molecule has 0 spiro atoms. The highest BCUT2D eigenvalue weighted by Crippen LogP contribution is 2.34. The van der Waals surface area contributed by atoms with E-state index in [1.54, 1.807) is 42.2 Å². The zero-order valence-electron chi connectivity index (χ0n) is 15.5. The molecule has 0 saturated heterocycles. The van der Waals surface area contributed by atoms with E-state index in [9.17, 15) is 9.90 Å². The van der Waals surface area contributed by atoms with Crippen LogP contribution in [0.25, 0.3) is 11.0 Å². The first-order chi connectivity index (χ1) is 13.5. The van der Waals surface area contributed by atoms with Crippen LogP contribution in [-0.2, 0) is 13.7 Å². The van der Waals surface area contributed by atoms with Gasteiger partial charge < -0.3 is 19.6 Å². The van der Waals surface area contributed by atoms with E-state index in [0.29, 0.717) is 39.6 Å². The van der Waals surface area contributed by atoms with E-state index in [2.05, 4.69) is 10.4 Å². The van der Waals surface area contributed by atoms with Gasteiger partial charge in [0.1, 0.15) is 29.4 Å². The maximum Gasteiger partial charge on any atom is 0.257 e. The molecular weight excluding hydrogens is 358 g/mol. The molecule has 7 heteroatoms. The van der Waals surface area contributed by atoms with Gasteiger partial charge in [-0.1, -0.05) is 17.7 Å². The van der Waals surface area contributed by atoms with Crippen molar-refractivity contribution < 1.29 is 19.1 Å². The summed E-state index contributed by atoms with van der Waals surface area (Å²) in [7, 11) is 1.77. The third kappa shape index (κ3) is 3.60. The fourth-order valence-corrected chi connectivity index (χ4v) is 2.86. The van der Waals surface area contributed by atoms with Gasteiger partial charge in [-0.05, 0) is 37.3 Å². The Morgan fingerprint density at radius 1 is 1.21 bits per heavy atom. The minimum atomic E-state index is -0.337. The van der Waals surface area contributed by atoms with Crippen LogP contribution in [-0.4, -0.2) is 20.8 Å². The average Bonchev–Trinajstić information content (AvgIpc) is 3.29. The van der Waals surface area contributed by atoms with E-state index < -0.39 is 0 Å². The van der Waals surface area contributed by atoms with E-state index in [0.717, 1.165) is 5.56 Å². The summed E-state index contributed by atoms with van der Waals surface area (Å²) in [6, 6.07) is 14.3. The third-order valence-corrected chi connectivity index (χ3v) is 4.27. The lowest BCUT2D eigenvalue weighted by Crippen LogP contribution is -2.12. The molecule has 0 unspecified atom stereocenters. The van der Waals surface area contributed by atoms with Crippen LogP contribution in [0.2, 0.25) is 0 Å². The number of fused-ring (bicyclic) bond motifs is 1. The van der Waals surface area contributed by atoms with E-state index in [1.807, 2.05) is 31.2 Å². The molecule has 0 aliphatic carbocycles. The van der Waals surface area contributed by atoms with Crippen LogP contribution in [0, 0.1) is 6.92 Å². The van der Waals surface area contributed by atoms with Gasteiger partial charge in [0.15, 0.2) is 5.82 Å². The fraction of sp³-hybridized carbons (Fsp3) is 0.143. The molecule has 1 amide bonds. The first-order valence-electron chi connectivity index (χ1n) is 8.74. The van der Waals surface area contributed by atoms with Crippen molar-refractivity contribution >= 4 is 22.7 Å². The second kappa shape index (κ2) is 7.21. The number of nitrogens with zero attached hydrogens (tertiary/aromatic N) is 2. The number of rotatable bonds is 5. The first-order valence-corrected chi connectivity index (χ1v) is 8.74. The lowest BCUT2D eigenvalue weighted by atomic mass is 10.1. The quantitative estimate of drug-likeness (QED) is 0.548. The molecule has 142 valence electrons. The molecule has 7 nitrogen and oxygen atoms in total. The highest BCUT2D eigenvalue weighted by Gasteiger charge is 2.16. The fourth-order valence-electron chi connectivity index (χ4n) is 2.86. The number of aryl methyl sites for hydroxylation is 2. The SMILES string of the molecule is Cc1ccc(Oc2cc(C(=O)Nc3ccn(C)n3)cc3oc(CO)cc23)cc1. The van der Waals surface area contributed by atoms with Crippen molar-refractivity contribution in [2.45, 2.75) is 13.5 Å². The lowest BCUT2D eigenvalue weighted by molar-refractivity contribution is 0.102. The second-order valence-electron chi connectivity index (χ2n) is 6.50. The number of carbonyl (C=O) groups is 1. The predicted molar refractivity (Wildman–Crippen MR) is 105 cm³/mol. The lowest BCUT2D eigenvalue weighted by Gasteiger charge is -2.09. The van der Waals surface area contributed by atoms with Crippen molar-refractivity contribution in [2.75, 3.05) is 5.32 Å². The molecule has 2 aromatic carbocycles. The largest absolute Gasteiger partial charge is 0.458 e. The van der Waals surface area contributed by atoms with Gasteiger partial charge in [0.05, 0.1) is 5.39 Å². The number of hydrogen-bond donors (Lipinski definition) is 2. The molecule has 4 aromatic rings. The summed E-state index contributed by atoms with van der Waals surface area (Å²) >= 11 is 0. The van der Waals surface area contributed by atoms with Crippen LogP contribution in [0.4, 0.5) is 5.82 Å². The van der Waals surface area contributed by atoms with Crippen LogP contribution in [0.3, 0.4) is 0 Å². The molecule has 0 fully saturated rings. The molecular formula is C21H19N3O4. The van der Waals surface area contributed by atoms with Crippen LogP contribution in [0.1, 0.15) is 21.7 Å². The Balaban J connectivity index is 1.72. The molecule has 2 heterocycles. The normalized spacial score (nSPS) is 11.0. The predicted octanol–water partition coefficient (Wildman–Crippen LogP) is 4.01. The van der Waals surface area contributed by atoms with Gasteiger partial charge >= 0.3 is 0 Å². The number of furan rings is 1. The molecule has 0 atom stereocenters. The van der Waals surface area contributed by atoms with Crippen molar-refractivity contribution in [2.24, 2.45) is 7.05 Å². The maximum absolute atomic E-state index is 12.7. The number of anilines is 1. The summed E-state index contributed by atoms with van der Waals surface area (Å²) in [5, 5.41) is 17.0. The molecule has 0 radical (unpaired) electrons. The van der Waals surface area contributed by atoms with Crippen LogP contribution < -0.4 is 10.1 Å². The van der Waals surface area contributed by atoms with Gasteiger partial charge in [0, 0.05) is 24.9 Å². The number of ether oxygens (including phenoxy) is 1. The molecule has 4 rings (SSSR count). The van der Waals surface area contributed by atoms with Crippen molar-refractivity contribution in [3.63, 3.8) is 0 Å². The number of nitrogens with one attached hydrogen (secondary N) is 1. The standard InChI is InChI=1S/C21H19N3O4/c1-13-3-5-15(6-4-13)27-18-9-14(10-19-17(18)11-16(12-25)28-19)21(26)22-20-7-8-24(2)23-20/h3-11,25H,12H2,1-2H3,(H,22,23,26). The summed E-state index contributed by atoms with van der Waals surface area (Å²) in [4.78, 5) is 12.7. The number of hydrogen-bond acceptors (Lipinski definition) is 5. The topological polar surface area (TPSA) is 89.5 Å². The van der Waals surface area contributed by atoms with E-state index in [1.165, 1.54) is 0 Å². The summed E-state index contributed by atoms with van der Waals surface area (Å²) < 4.78 is 13.2. The Bertz CT molecular complexity index is 1140. The molecule has 0 aliphatic rings. The summed E-state index contributed by atoms with van der Waals surface area (Å²) in [6.45, 7) is 1.75. The molecule has 0 saturated carbocycles. The van der Waals surface area contributed by atoms with Crippen LogP contribution in [0.15, 0.2) is 59.1 Å². The molecule has 2 aromatic heterocycles. The first kappa shape index (κ1) is 17.8. The Morgan fingerprint density at radius 3 is 2.68 bits per heavy atom. The van der Waals surface area contributed by atoms with Gasteiger partial charge in [-0.15, -0.1) is 0 Å². The Morgan fingerprint density at radius 2 is 2.00 bits per heavy atom. The number of benzene rings is 2. The number of aliphatic hydroxyl groups is 1. The molecule has 0 bridgehead atoms. The van der Waals surface area contributed by atoms with Gasteiger partial charge in [-0.2, -0.15) is 5.10 Å². The number of aliphatic hydroxyl groups excluding tert-OH is 1. The van der Waals surface area contributed by atoms with Crippen molar-refractivity contribution in [3.8, 4) is 11.5 Å². The third-order valence-electron chi connectivity index (χ3n) is 4.27. The highest BCUT2D eigenvalue weighted by atomic mass is 16.5. The smallest absolute Gasteiger partial charge is 0.257 e. The monoisotopic (exact) mass is 377 g/mol. The minimum Gasteiger partial charge on any atom is -0.458 e. The average molecular weight is 377 g/mol. The molecule has 28 heavy (non-hydrogen) atoms. The summed E-state index contributed by atoms with van der Waals surface area (Å²) in [6.07, 6.45) is 1.74. The summed E-state index contributed by atoms with van der Waals surface area (Å²) in [5.74, 6) is 1.61. The van der Waals surface area contributed by atoms with Crippen molar-refractivity contribution in [1.29, 1.82) is 0 Å². The van der Waals surface area contributed by atoms with E-state index >= 15 is 0 Å². The summed E-state index contributed by atoms with van der Waals surface area (Å²) in [5.41, 5.74) is 1.94. The van der Waals surface area contributed by atoms with E-state index in [4.69, 9.17) is 9.15 Å². The van der Waals surface area contributed by atoms with Crippen LogP contribution in [0.5, 0.6) is 11.5 Å². The van der Waals surface area contributed by atoms with Crippen molar-refractivity contribution in [3.05, 3.63) is 71.6 Å². The Kier molecular flexibility index (Phi) is 4.58. The Labute approximate surface area is 161 Å². The van der Waals surface area contributed by atoms with Crippen molar-refractivity contribution in [1.82, 2.24) is 9.78 Å². The van der Waals surface area contributed by atoms with Gasteiger partial charge in [0.2, 0.25) is 0 Å². The second-order valence-corrected chi connectivity index (χ2v) is 6.50. The zero-order chi connectivity index (χ0) is 19.7. The number of carbonyl (C=O) groups excluding carboxylic acids is 1. The molecule has 2 N–H and O–H groups in total. The van der Waals surface area contributed by atoms with Gasteiger partial charge in [-0.3, -0.25) is 9.48 Å². The zero-order valence-corrected chi connectivity index (χ0v) is 15.5.